The first kappa shape index (κ1) is 17.6. The molecular formula is C20H19N5O4. The van der Waals surface area contributed by atoms with E-state index in [1.165, 1.54) is 12.3 Å². The number of nitrogens with zero attached hydrogens (tertiary/aromatic N) is 5. The van der Waals surface area contributed by atoms with Crippen molar-refractivity contribution in [3.63, 3.8) is 0 Å². The SMILES string of the molecule is CCc1nc(CN2C(=O)C3(CCN(C(=O)c4ccno4)C3)c3ccccc32)no1. The summed E-state index contributed by atoms with van der Waals surface area (Å²) in [5.74, 6) is 0.883. The van der Waals surface area contributed by atoms with Crippen LogP contribution in [-0.4, -0.2) is 45.1 Å². The predicted octanol–water partition coefficient (Wildman–Crippen LogP) is 1.95. The highest BCUT2D eigenvalue weighted by atomic mass is 16.5. The van der Waals surface area contributed by atoms with E-state index in [-0.39, 0.29) is 24.1 Å². The van der Waals surface area contributed by atoms with Gasteiger partial charge in [-0.15, -0.1) is 0 Å². The van der Waals surface area contributed by atoms with Gasteiger partial charge in [-0.1, -0.05) is 35.4 Å². The number of anilines is 1. The molecule has 0 bridgehead atoms. The van der Waals surface area contributed by atoms with Crippen molar-refractivity contribution >= 4 is 17.5 Å². The van der Waals surface area contributed by atoms with Gasteiger partial charge in [0.25, 0.3) is 5.91 Å². The Hall–Kier alpha value is -3.49. The topological polar surface area (TPSA) is 106 Å². The van der Waals surface area contributed by atoms with Crippen LogP contribution in [0.25, 0.3) is 0 Å². The van der Waals surface area contributed by atoms with Gasteiger partial charge >= 0.3 is 0 Å². The van der Waals surface area contributed by atoms with E-state index in [1.54, 1.807) is 9.80 Å². The number of para-hydroxylation sites is 1. The molecule has 0 radical (unpaired) electrons. The largest absolute Gasteiger partial charge is 0.351 e. The van der Waals surface area contributed by atoms with Crippen molar-refractivity contribution in [3.8, 4) is 0 Å². The van der Waals surface area contributed by atoms with Gasteiger partial charge in [-0.05, 0) is 18.1 Å². The summed E-state index contributed by atoms with van der Waals surface area (Å²) in [4.78, 5) is 34.0. The van der Waals surface area contributed by atoms with E-state index in [1.807, 2.05) is 31.2 Å². The second kappa shape index (κ2) is 6.54. The molecule has 1 spiro atoms. The van der Waals surface area contributed by atoms with Crippen molar-refractivity contribution in [2.75, 3.05) is 18.0 Å². The zero-order valence-electron chi connectivity index (χ0n) is 15.9. The van der Waals surface area contributed by atoms with Gasteiger partial charge in [-0.3, -0.25) is 9.59 Å². The fraction of sp³-hybridized carbons (Fsp3) is 0.350. The minimum atomic E-state index is -0.774. The Bertz CT molecular complexity index is 1080. The Morgan fingerprint density at radius 2 is 2.10 bits per heavy atom. The third-order valence-electron chi connectivity index (χ3n) is 5.68. The quantitative estimate of drug-likeness (QED) is 0.667. The molecule has 4 heterocycles. The lowest BCUT2D eigenvalue weighted by Crippen LogP contribution is -2.43. The standard InChI is InChI=1S/C20H19N5O4/c1-2-17-22-16(23-29-17)11-25-14-6-4-3-5-13(14)20(19(25)27)8-10-24(12-20)18(26)15-7-9-21-28-15/h3-7,9H,2,8,10-12H2,1H3. The normalized spacial score (nSPS) is 20.7. The molecule has 1 saturated heterocycles. The summed E-state index contributed by atoms with van der Waals surface area (Å²) < 4.78 is 10.2. The first-order valence-corrected chi connectivity index (χ1v) is 9.55. The van der Waals surface area contributed by atoms with Gasteiger partial charge in [-0.2, -0.15) is 4.98 Å². The van der Waals surface area contributed by atoms with Gasteiger partial charge in [0.15, 0.2) is 5.82 Å². The van der Waals surface area contributed by atoms with Crippen molar-refractivity contribution in [2.45, 2.75) is 31.7 Å². The van der Waals surface area contributed by atoms with Gasteiger partial charge in [0.05, 0.1) is 18.2 Å². The van der Waals surface area contributed by atoms with Crippen molar-refractivity contribution in [3.05, 3.63) is 59.6 Å². The van der Waals surface area contributed by atoms with Crippen LogP contribution in [0.2, 0.25) is 0 Å². The van der Waals surface area contributed by atoms with Crippen molar-refractivity contribution in [1.29, 1.82) is 0 Å². The van der Waals surface area contributed by atoms with Crippen LogP contribution in [-0.2, 0) is 23.2 Å². The van der Waals surface area contributed by atoms with Gasteiger partial charge in [0.2, 0.25) is 17.6 Å². The number of hydrogen-bond acceptors (Lipinski definition) is 7. The predicted molar refractivity (Wildman–Crippen MR) is 100 cm³/mol. The third-order valence-corrected chi connectivity index (χ3v) is 5.68. The molecule has 9 heteroatoms. The van der Waals surface area contributed by atoms with Crippen LogP contribution < -0.4 is 4.90 Å². The summed E-state index contributed by atoms with van der Waals surface area (Å²) in [7, 11) is 0. The van der Waals surface area contributed by atoms with Crippen LogP contribution in [0, 0.1) is 0 Å². The summed E-state index contributed by atoms with van der Waals surface area (Å²) in [5.41, 5.74) is 0.982. The number of likely N-dealkylation sites (tertiary alicyclic amines) is 1. The molecule has 148 valence electrons. The molecule has 2 aromatic heterocycles. The maximum atomic E-state index is 13.6. The first-order valence-electron chi connectivity index (χ1n) is 9.55. The molecular weight excluding hydrogens is 374 g/mol. The maximum Gasteiger partial charge on any atom is 0.292 e. The Labute approximate surface area is 166 Å². The first-order chi connectivity index (χ1) is 14.1. The molecule has 29 heavy (non-hydrogen) atoms. The van der Waals surface area contributed by atoms with Gasteiger partial charge in [0, 0.05) is 31.3 Å². The summed E-state index contributed by atoms with van der Waals surface area (Å²) >= 11 is 0. The highest BCUT2D eigenvalue weighted by Gasteiger charge is 2.55. The van der Waals surface area contributed by atoms with Crippen LogP contribution in [0.3, 0.4) is 0 Å². The lowest BCUT2D eigenvalue weighted by atomic mass is 9.81. The zero-order chi connectivity index (χ0) is 20.0. The fourth-order valence-electron chi connectivity index (χ4n) is 4.25. The molecule has 0 N–H and O–H groups in total. The van der Waals surface area contributed by atoms with E-state index in [9.17, 15) is 9.59 Å². The number of carbonyl (C=O) groups excluding carboxylic acids is 2. The molecule has 2 aliphatic rings. The molecule has 1 atom stereocenters. The van der Waals surface area contributed by atoms with Gasteiger partial charge < -0.3 is 18.8 Å². The fourth-order valence-corrected chi connectivity index (χ4v) is 4.25. The molecule has 1 fully saturated rings. The van der Waals surface area contributed by atoms with Crippen LogP contribution in [0.1, 0.15) is 41.2 Å². The van der Waals surface area contributed by atoms with E-state index in [2.05, 4.69) is 15.3 Å². The number of benzene rings is 1. The second-order valence-corrected chi connectivity index (χ2v) is 7.30. The smallest absolute Gasteiger partial charge is 0.292 e. The molecule has 2 aliphatic heterocycles. The summed E-state index contributed by atoms with van der Waals surface area (Å²) in [6.07, 6.45) is 2.62. The second-order valence-electron chi connectivity index (χ2n) is 7.30. The Balaban J connectivity index is 1.46. The van der Waals surface area contributed by atoms with Crippen LogP contribution in [0.4, 0.5) is 5.69 Å². The minimum absolute atomic E-state index is 0.0468. The summed E-state index contributed by atoms with van der Waals surface area (Å²) in [5, 5.41) is 7.59. The monoisotopic (exact) mass is 393 g/mol. The van der Waals surface area contributed by atoms with Gasteiger partial charge in [-0.25, -0.2) is 0 Å². The van der Waals surface area contributed by atoms with Crippen molar-refractivity contribution < 1.29 is 18.6 Å². The van der Waals surface area contributed by atoms with E-state index >= 15 is 0 Å². The zero-order valence-corrected chi connectivity index (χ0v) is 15.9. The number of rotatable bonds is 4. The molecule has 0 saturated carbocycles. The molecule has 9 nitrogen and oxygen atoms in total. The average Bonchev–Trinajstić information content (AvgIpc) is 3.54. The van der Waals surface area contributed by atoms with Crippen molar-refractivity contribution in [2.24, 2.45) is 0 Å². The Kier molecular flexibility index (Phi) is 3.97. The number of amides is 2. The van der Waals surface area contributed by atoms with Gasteiger partial charge in [0.1, 0.15) is 0 Å². The van der Waals surface area contributed by atoms with Crippen molar-refractivity contribution in [1.82, 2.24) is 20.2 Å². The molecule has 1 aromatic carbocycles. The number of aryl methyl sites for hydroxylation is 1. The molecule has 0 aliphatic carbocycles. The average molecular weight is 393 g/mol. The minimum Gasteiger partial charge on any atom is -0.351 e. The summed E-state index contributed by atoms with van der Waals surface area (Å²) in [6.45, 7) is 2.93. The third kappa shape index (κ3) is 2.65. The highest BCUT2D eigenvalue weighted by Crippen LogP contribution is 2.47. The highest BCUT2D eigenvalue weighted by molar-refractivity contribution is 6.09. The molecule has 2 amide bonds. The number of carbonyl (C=O) groups is 2. The lowest BCUT2D eigenvalue weighted by molar-refractivity contribution is -0.122. The van der Waals surface area contributed by atoms with E-state index in [4.69, 9.17) is 9.05 Å². The lowest BCUT2D eigenvalue weighted by Gasteiger charge is -2.23. The summed E-state index contributed by atoms with van der Waals surface area (Å²) in [6, 6.07) is 9.23. The van der Waals surface area contributed by atoms with E-state index in [0.29, 0.717) is 37.6 Å². The Morgan fingerprint density at radius 3 is 2.86 bits per heavy atom. The number of fused-ring (bicyclic) bond motifs is 2. The molecule has 3 aromatic rings. The Morgan fingerprint density at radius 1 is 1.24 bits per heavy atom. The van der Waals surface area contributed by atoms with Crippen LogP contribution >= 0.6 is 0 Å². The van der Waals surface area contributed by atoms with Crippen LogP contribution in [0.15, 0.2) is 45.6 Å². The molecule has 1 unspecified atom stereocenters. The maximum absolute atomic E-state index is 13.6. The van der Waals surface area contributed by atoms with E-state index in [0.717, 1.165) is 11.3 Å². The number of hydrogen-bond donors (Lipinski definition) is 0. The number of aromatic nitrogens is 3. The van der Waals surface area contributed by atoms with E-state index < -0.39 is 5.41 Å². The van der Waals surface area contributed by atoms with Crippen LogP contribution in [0.5, 0.6) is 0 Å². The molecule has 5 rings (SSSR count).